The third-order valence-corrected chi connectivity index (χ3v) is 5.50. The monoisotopic (exact) mass is 488 g/mol. The minimum absolute atomic E-state index is 0.197. The van der Waals surface area contributed by atoms with Crippen molar-refractivity contribution in [3.8, 4) is 17.1 Å². The second-order valence-corrected chi connectivity index (χ2v) is 8.00. The van der Waals surface area contributed by atoms with Crippen molar-refractivity contribution in [2.75, 3.05) is 5.32 Å². The molecule has 35 heavy (non-hydrogen) atoms. The number of benzene rings is 3. The molecule has 0 saturated carbocycles. The first-order chi connectivity index (χ1) is 17.1. The maximum atomic E-state index is 13.4. The minimum Gasteiger partial charge on any atom is -0.487 e. The van der Waals surface area contributed by atoms with Gasteiger partial charge in [-0.3, -0.25) is 0 Å². The Hall–Kier alpha value is -4.43. The zero-order chi connectivity index (χ0) is 24.2. The number of nitrogens with one attached hydrogen (secondary N) is 1. The summed E-state index contributed by atoms with van der Waals surface area (Å²) in [6, 6.07) is 20.7. The molecule has 5 aromatic rings. The van der Waals surface area contributed by atoms with Crippen molar-refractivity contribution >= 4 is 40.2 Å². The van der Waals surface area contributed by atoms with Crippen molar-refractivity contribution in [3.63, 3.8) is 0 Å². The van der Waals surface area contributed by atoms with Gasteiger partial charge in [0.2, 0.25) is 0 Å². The molecule has 0 spiro atoms. The van der Waals surface area contributed by atoms with E-state index in [9.17, 15) is 4.39 Å². The van der Waals surface area contributed by atoms with Crippen LogP contribution in [0.1, 0.15) is 11.3 Å². The van der Waals surface area contributed by atoms with E-state index in [0.29, 0.717) is 39.4 Å². The lowest BCUT2D eigenvalue weighted by molar-refractivity contribution is 0.306. The van der Waals surface area contributed by atoms with Gasteiger partial charge >= 0.3 is 0 Å². The molecular weight excluding hydrogens is 471 g/mol. The van der Waals surface area contributed by atoms with Crippen LogP contribution in [0.25, 0.3) is 22.2 Å². The molecule has 0 fully saturated rings. The largest absolute Gasteiger partial charge is 0.487 e. The normalized spacial score (nSPS) is 11.3. The van der Waals surface area contributed by atoms with Crippen LogP contribution in [-0.2, 0) is 6.61 Å². The number of fused-ring (bicyclic) bond motifs is 1. The highest BCUT2D eigenvalue weighted by Gasteiger charge is 2.11. The number of oxime groups is 1. The summed E-state index contributed by atoms with van der Waals surface area (Å²) in [6.45, 7) is 0.197. The molecule has 0 bridgehead atoms. The molecule has 0 unspecified atom stereocenters. The van der Waals surface area contributed by atoms with Gasteiger partial charge in [0.1, 0.15) is 48.1 Å². The number of hydrogen-bond donors (Lipinski definition) is 2. The smallest absolute Gasteiger partial charge is 0.149 e. The lowest BCUT2D eigenvalue weighted by atomic mass is 10.1. The summed E-state index contributed by atoms with van der Waals surface area (Å²) in [5, 5.41) is 16.1. The van der Waals surface area contributed by atoms with Crippen LogP contribution in [0.2, 0.25) is 5.02 Å². The van der Waals surface area contributed by atoms with Crippen LogP contribution in [-0.4, -0.2) is 21.4 Å². The Morgan fingerprint density at radius 2 is 1.97 bits per heavy atom. The number of furan rings is 1. The first-order valence-corrected chi connectivity index (χ1v) is 10.9. The Morgan fingerprint density at radius 1 is 1.06 bits per heavy atom. The topological polar surface area (TPSA) is 92.8 Å². The van der Waals surface area contributed by atoms with Gasteiger partial charge in [-0.05, 0) is 66.2 Å². The highest BCUT2D eigenvalue weighted by molar-refractivity contribution is 6.32. The summed E-state index contributed by atoms with van der Waals surface area (Å²) in [6.07, 6.45) is 2.70. The van der Waals surface area contributed by atoms with Crippen LogP contribution in [0.3, 0.4) is 0 Å². The lowest BCUT2D eigenvalue weighted by Crippen LogP contribution is -1.98. The van der Waals surface area contributed by atoms with E-state index in [-0.39, 0.29) is 12.4 Å². The number of aromatic nitrogens is 2. The number of ether oxygens (including phenoxy) is 1. The molecule has 174 valence electrons. The molecule has 5 rings (SSSR count). The predicted octanol–water partition coefficient (Wildman–Crippen LogP) is 6.81. The average Bonchev–Trinajstić information content (AvgIpc) is 3.32. The van der Waals surface area contributed by atoms with Crippen molar-refractivity contribution in [3.05, 3.63) is 101 Å². The van der Waals surface area contributed by atoms with E-state index in [0.717, 1.165) is 16.5 Å². The summed E-state index contributed by atoms with van der Waals surface area (Å²) in [5.74, 6) is 1.80. The van der Waals surface area contributed by atoms with E-state index in [2.05, 4.69) is 20.4 Å². The number of nitrogens with zero attached hydrogens (tertiary/aromatic N) is 3. The number of hydrogen-bond acceptors (Lipinski definition) is 7. The fourth-order valence-corrected chi connectivity index (χ4v) is 3.80. The fraction of sp³-hybridized carbons (Fsp3) is 0.0385. The van der Waals surface area contributed by atoms with Gasteiger partial charge in [0.15, 0.2) is 0 Å². The number of halogens is 2. The first kappa shape index (κ1) is 22.4. The SMILES string of the molecule is O/N=C\c1ccc(-c2ccc3ncnc(Nc4ccc(OCc5cccc(F)c5)c(Cl)c4)c3c2)o1. The molecule has 0 radical (unpaired) electrons. The van der Waals surface area contributed by atoms with Crippen molar-refractivity contribution < 1.29 is 18.8 Å². The van der Waals surface area contributed by atoms with Gasteiger partial charge in [0.05, 0.1) is 10.5 Å². The van der Waals surface area contributed by atoms with Crippen molar-refractivity contribution in [2.45, 2.75) is 6.61 Å². The Labute approximate surface area is 204 Å². The van der Waals surface area contributed by atoms with Crippen LogP contribution < -0.4 is 10.1 Å². The van der Waals surface area contributed by atoms with Gasteiger partial charge in [-0.25, -0.2) is 14.4 Å². The quantitative estimate of drug-likeness (QED) is 0.148. The zero-order valence-corrected chi connectivity index (χ0v) is 18.9. The molecule has 0 aliphatic rings. The van der Waals surface area contributed by atoms with E-state index < -0.39 is 0 Å². The Bertz CT molecular complexity index is 1540. The van der Waals surface area contributed by atoms with E-state index in [4.69, 9.17) is 26.0 Å². The summed E-state index contributed by atoms with van der Waals surface area (Å²) in [5.41, 5.74) is 2.97. The molecule has 0 atom stereocenters. The van der Waals surface area contributed by atoms with Crippen LogP contribution in [0, 0.1) is 5.82 Å². The van der Waals surface area contributed by atoms with Gasteiger partial charge in [-0.15, -0.1) is 0 Å². The minimum atomic E-state index is -0.316. The Kier molecular flexibility index (Phi) is 6.28. The van der Waals surface area contributed by atoms with Crippen molar-refractivity contribution in [1.29, 1.82) is 0 Å². The highest BCUT2D eigenvalue weighted by Crippen LogP contribution is 2.32. The van der Waals surface area contributed by atoms with Gasteiger partial charge in [0.25, 0.3) is 0 Å². The van der Waals surface area contributed by atoms with E-state index in [1.54, 1.807) is 36.4 Å². The molecule has 3 aromatic carbocycles. The standard InChI is InChI=1S/C26H18ClFN4O3/c27-22-12-19(5-8-25(22)34-14-16-2-1-3-18(28)10-16)32-26-21-11-17(4-7-23(21)29-15-30-26)24-9-6-20(35-24)13-31-33/h1-13,15,33H,14H2,(H,29,30,32)/b31-13-. The average molecular weight is 489 g/mol. The van der Waals surface area contributed by atoms with Crippen molar-refractivity contribution in [2.24, 2.45) is 5.16 Å². The van der Waals surface area contributed by atoms with Gasteiger partial charge < -0.3 is 19.7 Å². The molecule has 2 aromatic heterocycles. The summed E-state index contributed by atoms with van der Waals surface area (Å²) >= 11 is 6.43. The van der Waals surface area contributed by atoms with Gasteiger partial charge in [-0.1, -0.05) is 28.9 Å². The van der Waals surface area contributed by atoms with Crippen LogP contribution >= 0.6 is 11.6 Å². The lowest BCUT2D eigenvalue weighted by Gasteiger charge is -2.12. The second kappa shape index (κ2) is 9.82. The third kappa shape index (κ3) is 5.07. The molecule has 9 heteroatoms. The number of anilines is 2. The Morgan fingerprint density at radius 3 is 2.80 bits per heavy atom. The molecular formula is C26H18ClFN4O3. The maximum absolute atomic E-state index is 13.4. The molecule has 0 aliphatic heterocycles. The molecule has 0 saturated heterocycles. The summed E-state index contributed by atoms with van der Waals surface area (Å²) < 4.78 is 24.8. The molecule has 2 N–H and O–H groups in total. The summed E-state index contributed by atoms with van der Waals surface area (Å²) in [7, 11) is 0. The third-order valence-electron chi connectivity index (χ3n) is 5.21. The van der Waals surface area contributed by atoms with Crippen LogP contribution in [0.5, 0.6) is 5.75 Å². The fourth-order valence-electron chi connectivity index (χ4n) is 3.56. The number of rotatable bonds is 7. The van der Waals surface area contributed by atoms with E-state index in [1.807, 2.05) is 24.3 Å². The second-order valence-electron chi connectivity index (χ2n) is 7.59. The van der Waals surface area contributed by atoms with Crippen molar-refractivity contribution in [1.82, 2.24) is 9.97 Å². The molecule has 2 heterocycles. The summed E-state index contributed by atoms with van der Waals surface area (Å²) in [4.78, 5) is 8.73. The van der Waals surface area contributed by atoms with Crippen LogP contribution in [0.4, 0.5) is 15.9 Å². The first-order valence-electron chi connectivity index (χ1n) is 10.6. The van der Waals surface area contributed by atoms with E-state index in [1.165, 1.54) is 24.7 Å². The van der Waals surface area contributed by atoms with Gasteiger partial charge in [-0.2, -0.15) is 0 Å². The molecule has 7 nitrogen and oxygen atoms in total. The van der Waals surface area contributed by atoms with Gasteiger partial charge in [0, 0.05) is 16.6 Å². The zero-order valence-electron chi connectivity index (χ0n) is 18.2. The Balaban J connectivity index is 1.38. The van der Waals surface area contributed by atoms with Crippen LogP contribution in [0.15, 0.2) is 88.7 Å². The molecule has 0 aliphatic carbocycles. The highest BCUT2D eigenvalue weighted by atomic mass is 35.5. The maximum Gasteiger partial charge on any atom is 0.149 e. The molecule has 0 amide bonds. The van der Waals surface area contributed by atoms with E-state index >= 15 is 0 Å². The predicted molar refractivity (Wildman–Crippen MR) is 132 cm³/mol.